The SMILES string of the molecule is Cc1ccc(NC(=O)[C@H](CC(C)C)N2Cc3ccccc3C2=O)cc1. The van der Waals surface area contributed by atoms with Crippen molar-refractivity contribution in [3.8, 4) is 0 Å². The van der Waals surface area contributed by atoms with E-state index in [-0.39, 0.29) is 11.8 Å². The van der Waals surface area contributed by atoms with E-state index in [1.54, 1.807) is 4.90 Å². The zero-order valence-electron chi connectivity index (χ0n) is 15.0. The second kappa shape index (κ2) is 7.09. The number of nitrogens with zero attached hydrogens (tertiary/aromatic N) is 1. The molecule has 0 aromatic heterocycles. The van der Waals surface area contributed by atoms with Gasteiger partial charge in [-0.2, -0.15) is 0 Å². The third-order valence-corrected chi connectivity index (χ3v) is 4.54. The molecule has 2 aromatic carbocycles. The molecule has 4 nitrogen and oxygen atoms in total. The monoisotopic (exact) mass is 336 g/mol. The molecule has 25 heavy (non-hydrogen) atoms. The topological polar surface area (TPSA) is 49.4 Å². The number of carbonyl (C=O) groups excluding carboxylic acids is 2. The van der Waals surface area contributed by atoms with Gasteiger partial charge in [-0.3, -0.25) is 9.59 Å². The van der Waals surface area contributed by atoms with Crippen molar-refractivity contribution in [3.05, 3.63) is 65.2 Å². The van der Waals surface area contributed by atoms with Gasteiger partial charge in [-0.25, -0.2) is 0 Å². The summed E-state index contributed by atoms with van der Waals surface area (Å²) in [5.74, 6) is 0.129. The predicted octanol–water partition coefficient (Wildman–Crippen LogP) is 4.00. The summed E-state index contributed by atoms with van der Waals surface area (Å²) in [4.78, 5) is 27.4. The Morgan fingerprint density at radius 3 is 2.44 bits per heavy atom. The normalized spacial score (nSPS) is 14.6. The maximum absolute atomic E-state index is 12.9. The molecule has 0 fully saturated rings. The van der Waals surface area contributed by atoms with Crippen LogP contribution in [-0.2, 0) is 11.3 Å². The maximum atomic E-state index is 12.9. The van der Waals surface area contributed by atoms with Crippen LogP contribution in [0.25, 0.3) is 0 Å². The lowest BCUT2D eigenvalue weighted by Gasteiger charge is -2.28. The van der Waals surface area contributed by atoms with Gasteiger partial charge in [0.1, 0.15) is 6.04 Å². The Morgan fingerprint density at radius 2 is 1.80 bits per heavy atom. The Bertz CT molecular complexity index is 781. The van der Waals surface area contributed by atoms with Gasteiger partial charge in [0.2, 0.25) is 5.91 Å². The minimum absolute atomic E-state index is 0.0553. The fraction of sp³-hybridized carbons (Fsp3) is 0.333. The first-order valence-corrected chi connectivity index (χ1v) is 8.72. The van der Waals surface area contributed by atoms with Crippen molar-refractivity contribution in [2.45, 2.75) is 39.8 Å². The quantitative estimate of drug-likeness (QED) is 0.897. The first kappa shape index (κ1) is 17.2. The smallest absolute Gasteiger partial charge is 0.255 e. The van der Waals surface area contributed by atoms with Gasteiger partial charge in [0.15, 0.2) is 0 Å². The van der Waals surface area contributed by atoms with Gasteiger partial charge in [-0.1, -0.05) is 49.7 Å². The van der Waals surface area contributed by atoms with Gasteiger partial charge in [-0.05, 0) is 43.0 Å². The lowest BCUT2D eigenvalue weighted by atomic mass is 10.0. The van der Waals surface area contributed by atoms with E-state index in [4.69, 9.17) is 0 Å². The van der Waals surface area contributed by atoms with Gasteiger partial charge in [0.25, 0.3) is 5.91 Å². The van der Waals surface area contributed by atoms with E-state index in [9.17, 15) is 9.59 Å². The highest BCUT2D eigenvalue weighted by molar-refractivity contribution is 6.03. The van der Waals surface area contributed by atoms with E-state index < -0.39 is 6.04 Å². The van der Waals surface area contributed by atoms with E-state index in [1.807, 2.05) is 55.5 Å². The van der Waals surface area contributed by atoms with Gasteiger partial charge < -0.3 is 10.2 Å². The molecule has 0 unspecified atom stereocenters. The maximum Gasteiger partial charge on any atom is 0.255 e. The molecular weight excluding hydrogens is 312 g/mol. The molecule has 130 valence electrons. The average molecular weight is 336 g/mol. The Kier molecular flexibility index (Phi) is 4.88. The van der Waals surface area contributed by atoms with Crippen molar-refractivity contribution in [2.24, 2.45) is 5.92 Å². The number of aryl methyl sites for hydroxylation is 1. The van der Waals surface area contributed by atoms with Crippen LogP contribution in [-0.4, -0.2) is 22.8 Å². The van der Waals surface area contributed by atoms with Crippen molar-refractivity contribution >= 4 is 17.5 Å². The third-order valence-electron chi connectivity index (χ3n) is 4.54. The van der Waals surface area contributed by atoms with E-state index >= 15 is 0 Å². The highest BCUT2D eigenvalue weighted by Crippen LogP contribution is 2.27. The van der Waals surface area contributed by atoms with Crippen molar-refractivity contribution in [1.82, 2.24) is 4.90 Å². The largest absolute Gasteiger partial charge is 0.324 e. The molecule has 1 aliphatic heterocycles. The van der Waals surface area contributed by atoms with Crippen LogP contribution in [0.5, 0.6) is 0 Å². The molecule has 0 saturated heterocycles. The fourth-order valence-corrected chi connectivity index (χ4v) is 3.21. The predicted molar refractivity (Wildman–Crippen MR) is 99.4 cm³/mol. The molecular formula is C21H24N2O2. The third kappa shape index (κ3) is 3.73. The molecule has 3 rings (SSSR count). The summed E-state index contributed by atoms with van der Waals surface area (Å²) in [5.41, 5.74) is 3.60. The Labute approximate surface area is 148 Å². The van der Waals surface area contributed by atoms with Gasteiger partial charge in [0, 0.05) is 17.8 Å². The molecule has 0 radical (unpaired) electrons. The summed E-state index contributed by atoms with van der Waals surface area (Å²) in [5, 5.41) is 2.97. The number of anilines is 1. The first-order valence-electron chi connectivity index (χ1n) is 8.72. The van der Waals surface area contributed by atoms with Crippen LogP contribution < -0.4 is 5.32 Å². The number of hydrogen-bond donors (Lipinski definition) is 1. The summed E-state index contributed by atoms with van der Waals surface area (Å²) in [6, 6.07) is 14.8. The molecule has 0 aliphatic carbocycles. The molecule has 0 spiro atoms. The molecule has 4 heteroatoms. The Hall–Kier alpha value is -2.62. The molecule has 2 aromatic rings. The van der Waals surface area contributed by atoms with E-state index in [0.717, 1.165) is 16.8 Å². The summed E-state index contributed by atoms with van der Waals surface area (Å²) in [7, 11) is 0. The number of rotatable bonds is 5. The Balaban J connectivity index is 1.81. The second-order valence-corrected chi connectivity index (χ2v) is 7.09. The van der Waals surface area contributed by atoms with Crippen LogP contribution >= 0.6 is 0 Å². The lowest BCUT2D eigenvalue weighted by molar-refractivity contribution is -0.121. The highest BCUT2D eigenvalue weighted by atomic mass is 16.2. The van der Waals surface area contributed by atoms with Crippen LogP contribution in [0.15, 0.2) is 48.5 Å². The molecule has 2 amide bonds. The highest BCUT2D eigenvalue weighted by Gasteiger charge is 2.36. The molecule has 0 bridgehead atoms. The minimum atomic E-state index is -0.471. The summed E-state index contributed by atoms with van der Waals surface area (Å²) in [6.07, 6.45) is 0.636. The van der Waals surface area contributed by atoms with Crippen LogP contribution in [0.1, 0.15) is 41.8 Å². The summed E-state index contributed by atoms with van der Waals surface area (Å²) >= 11 is 0. The molecule has 0 saturated carbocycles. The van der Waals surface area contributed by atoms with Gasteiger partial charge in [0.05, 0.1) is 0 Å². The van der Waals surface area contributed by atoms with Crippen molar-refractivity contribution in [3.63, 3.8) is 0 Å². The number of nitrogens with one attached hydrogen (secondary N) is 1. The Morgan fingerprint density at radius 1 is 1.12 bits per heavy atom. The number of amides is 2. The number of hydrogen-bond acceptors (Lipinski definition) is 2. The fourth-order valence-electron chi connectivity index (χ4n) is 3.21. The van der Waals surface area contributed by atoms with E-state index in [2.05, 4.69) is 19.2 Å². The van der Waals surface area contributed by atoms with Crippen molar-refractivity contribution in [1.29, 1.82) is 0 Å². The second-order valence-electron chi connectivity index (χ2n) is 7.09. The molecule has 1 heterocycles. The lowest BCUT2D eigenvalue weighted by Crippen LogP contribution is -2.45. The van der Waals surface area contributed by atoms with Crippen LogP contribution in [0, 0.1) is 12.8 Å². The molecule has 1 N–H and O–H groups in total. The van der Waals surface area contributed by atoms with Gasteiger partial charge >= 0.3 is 0 Å². The minimum Gasteiger partial charge on any atom is -0.324 e. The van der Waals surface area contributed by atoms with E-state index in [1.165, 1.54) is 0 Å². The van der Waals surface area contributed by atoms with Crippen LogP contribution in [0.2, 0.25) is 0 Å². The van der Waals surface area contributed by atoms with Crippen LogP contribution in [0.4, 0.5) is 5.69 Å². The average Bonchev–Trinajstić information content (AvgIpc) is 2.91. The number of benzene rings is 2. The van der Waals surface area contributed by atoms with Crippen molar-refractivity contribution < 1.29 is 9.59 Å². The number of carbonyl (C=O) groups is 2. The zero-order valence-corrected chi connectivity index (χ0v) is 15.0. The standard InChI is InChI=1S/C21H24N2O2/c1-14(2)12-19(20(24)22-17-10-8-15(3)9-11-17)23-13-16-6-4-5-7-18(16)21(23)25/h4-11,14,19H,12-13H2,1-3H3,(H,22,24)/t19-/m0/s1. The summed E-state index contributed by atoms with van der Waals surface area (Å²) < 4.78 is 0. The van der Waals surface area contributed by atoms with Gasteiger partial charge in [-0.15, -0.1) is 0 Å². The van der Waals surface area contributed by atoms with Crippen molar-refractivity contribution in [2.75, 3.05) is 5.32 Å². The first-order chi connectivity index (χ1) is 12.0. The summed E-state index contributed by atoms with van der Waals surface area (Å²) in [6.45, 7) is 6.64. The van der Waals surface area contributed by atoms with Crippen LogP contribution in [0.3, 0.4) is 0 Å². The van der Waals surface area contributed by atoms with E-state index in [0.29, 0.717) is 24.4 Å². The molecule has 1 aliphatic rings. The number of fused-ring (bicyclic) bond motifs is 1. The molecule has 1 atom stereocenters. The zero-order chi connectivity index (χ0) is 18.0.